The Labute approximate surface area is 102 Å². The first-order chi connectivity index (χ1) is 7.91. The van der Waals surface area contributed by atoms with Gasteiger partial charge in [-0.05, 0) is 6.92 Å². The predicted octanol–water partition coefficient (Wildman–Crippen LogP) is 1.64. The van der Waals surface area contributed by atoms with Gasteiger partial charge in [0.1, 0.15) is 16.8 Å². The van der Waals surface area contributed by atoms with Crippen LogP contribution >= 0.6 is 11.6 Å². The van der Waals surface area contributed by atoms with Crippen LogP contribution in [0.5, 0.6) is 0 Å². The molecule has 7 heteroatoms. The average Bonchev–Trinajstić information content (AvgIpc) is 2.52. The number of hydrogen-bond acceptors (Lipinski definition) is 4. The molecule has 1 aromatic rings. The zero-order chi connectivity index (χ0) is 12.6. The molecule has 0 aromatic carbocycles. The number of hydrogen-bond donors (Lipinski definition) is 1. The van der Waals surface area contributed by atoms with Crippen LogP contribution in [0.3, 0.4) is 0 Å². The lowest BCUT2D eigenvalue weighted by atomic mass is 10.2. The van der Waals surface area contributed by atoms with E-state index in [1.807, 2.05) is 0 Å². The minimum Gasteiger partial charge on any atom is -0.394 e. The highest BCUT2D eigenvalue weighted by molar-refractivity contribution is 6.29. The molecular formula is C10H12ClF2N3O. The smallest absolute Gasteiger partial charge is 0.267 e. The Morgan fingerprint density at radius 1 is 1.59 bits per heavy atom. The van der Waals surface area contributed by atoms with Gasteiger partial charge in [0, 0.05) is 12.5 Å². The summed E-state index contributed by atoms with van der Waals surface area (Å²) in [6.45, 7) is 0.846. The molecule has 0 bridgehead atoms. The van der Waals surface area contributed by atoms with Crippen LogP contribution in [0.25, 0.3) is 0 Å². The van der Waals surface area contributed by atoms with Crippen molar-refractivity contribution in [2.45, 2.75) is 25.3 Å². The van der Waals surface area contributed by atoms with E-state index in [2.05, 4.69) is 9.97 Å². The van der Waals surface area contributed by atoms with Gasteiger partial charge in [0.15, 0.2) is 0 Å². The third-order valence-electron chi connectivity index (χ3n) is 2.67. The summed E-state index contributed by atoms with van der Waals surface area (Å²) in [6.07, 6.45) is -0.371. The monoisotopic (exact) mass is 263 g/mol. The van der Waals surface area contributed by atoms with Crippen LogP contribution in [0.2, 0.25) is 5.15 Å². The van der Waals surface area contributed by atoms with Crippen molar-refractivity contribution in [3.63, 3.8) is 0 Å². The third-order valence-corrected chi connectivity index (χ3v) is 2.87. The van der Waals surface area contributed by atoms with Crippen LogP contribution in [0, 0.1) is 6.92 Å². The van der Waals surface area contributed by atoms with Gasteiger partial charge in [0.25, 0.3) is 5.92 Å². The predicted molar refractivity (Wildman–Crippen MR) is 59.6 cm³/mol. The molecule has 0 radical (unpaired) electrons. The molecule has 1 aromatic heterocycles. The maximum absolute atomic E-state index is 13.3. The zero-order valence-corrected chi connectivity index (χ0v) is 9.95. The van der Waals surface area contributed by atoms with E-state index >= 15 is 0 Å². The lowest BCUT2D eigenvalue weighted by molar-refractivity contribution is 0.0201. The lowest BCUT2D eigenvalue weighted by Gasteiger charge is -2.23. The van der Waals surface area contributed by atoms with E-state index in [0.29, 0.717) is 11.6 Å². The first-order valence-corrected chi connectivity index (χ1v) is 5.55. The van der Waals surface area contributed by atoms with E-state index in [4.69, 9.17) is 16.7 Å². The van der Waals surface area contributed by atoms with Crippen LogP contribution in [0.15, 0.2) is 6.07 Å². The number of aryl methyl sites for hydroxylation is 1. The van der Waals surface area contributed by atoms with Gasteiger partial charge < -0.3 is 10.0 Å². The average molecular weight is 264 g/mol. The summed E-state index contributed by atoms with van der Waals surface area (Å²) in [5.41, 5.74) is 0. The van der Waals surface area contributed by atoms with E-state index in [1.165, 1.54) is 11.0 Å². The lowest BCUT2D eigenvalue weighted by Crippen LogP contribution is -2.33. The number of rotatable bonds is 2. The van der Waals surface area contributed by atoms with E-state index in [1.54, 1.807) is 6.92 Å². The fraction of sp³-hybridized carbons (Fsp3) is 0.600. The molecule has 1 aliphatic rings. The second kappa shape index (κ2) is 4.34. The highest BCUT2D eigenvalue weighted by Gasteiger charge is 2.45. The molecule has 0 spiro atoms. The van der Waals surface area contributed by atoms with Gasteiger partial charge in [-0.1, -0.05) is 11.6 Å². The Morgan fingerprint density at radius 2 is 2.29 bits per heavy atom. The number of alkyl halides is 2. The summed E-state index contributed by atoms with van der Waals surface area (Å²) in [5, 5.41) is 9.32. The Balaban J connectivity index is 2.32. The summed E-state index contributed by atoms with van der Waals surface area (Å²) in [5.74, 6) is -2.06. The second-order valence-corrected chi connectivity index (χ2v) is 4.51. The highest BCUT2D eigenvalue weighted by atomic mass is 35.5. The molecular weight excluding hydrogens is 252 g/mol. The summed E-state index contributed by atoms with van der Waals surface area (Å²) < 4.78 is 26.6. The fourth-order valence-electron chi connectivity index (χ4n) is 1.99. The minimum atomic E-state index is -2.81. The Bertz CT molecular complexity index is 410. The topological polar surface area (TPSA) is 49.2 Å². The zero-order valence-electron chi connectivity index (χ0n) is 9.20. The Hall–Kier alpha value is -1.01. The molecule has 0 amide bonds. The summed E-state index contributed by atoms with van der Waals surface area (Å²) >= 11 is 5.76. The molecule has 0 saturated carbocycles. The number of anilines is 1. The normalized spacial score (nSPS) is 23.1. The van der Waals surface area contributed by atoms with Crippen LogP contribution in [0.4, 0.5) is 14.6 Å². The molecule has 1 N–H and O–H groups in total. The maximum atomic E-state index is 13.3. The van der Waals surface area contributed by atoms with Gasteiger partial charge >= 0.3 is 0 Å². The van der Waals surface area contributed by atoms with E-state index in [-0.39, 0.29) is 18.2 Å². The van der Waals surface area contributed by atoms with Crippen molar-refractivity contribution >= 4 is 17.4 Å². The standard InChI is InChI=1S/C10H12ClF2N3O/c1-6-14-8(11)2-9(15-6)16-5-10(12,13)3-7(16)4-17/h2,7,17H,3-5H2,1H3/t7-/m0/s1. The minimum absolute atomic E-state index is 0.208. The van der Waals surface area contributed by atoms with Gasteiger partial charge in [-0.2, -0.15) is 0 Å². The summed E-state index contributed by atoms with van der Waals surface area (Å²) in [7, 11) is 0. The van der Waals surface area contributed by atoms with Crippen molar-refractivity contribution in [3.8, 4) is 0 Å². The SMILES string of the molecule is Cc1nc(Cl)cc(N2CC(F)(F)C[C@H]2CO)n1. The molecule has 1 fully saturated rings. The molecule has 17 heavy (non-hydrogen) atoms. The largest absolute Gasteiger partial charge is 0.394 e. The van der Waals surface area contributed by atoms with Gasteiger partial charge in [-0.25, -0.2) is 18.7 Å². The second-order valence-electron chi connectivity index (χ2n) is 4.12. The number of aliphatic hydroxyl groups excluding tert-OH is 1. The fourth-order valence-corrected chi connectivity index (χ4v) is 2.21. The van der Waals surface area contributed by atoms with Crippen molar-refractivity contribution < 1.29 is 13.9 Å². The molecule has 1 aliphatic heterocycles. The molecule has 2 heterocycles. The number of aromatic nitrogens is 2. The van der Waals surface area contributed by atoms with Crippen molar-refractivity contribution in [3.05, 3.63) is 17.0 Å². The maximum Gasteiger partial charge on any atom is 0.267 e. The molecule has 1 saturated heterocycles. The van der Waals surface area contributed by atoms with Gasteiger partial charge in [-0.3, -0.25) is 0 Å². The molecule has 1 atom stereocenters. The molecule has 2 rings (SSSR count). The molecule has 0 unspecified atom stereocenters. The van der Waals surface area contributed by atoms with Gasteiger partial charge in [0.2, 0.25) is 0 Å². The van der Waals surface area contributed by atoms with Crippen molar-refractivity contribution in [2.24, 2.45) is 0 Å². The first kappa shape index (κ1) is 12.4. The van der Waals surface area contributed by atoms with E-state index in [9.17, 15) is 8.78 Å². The molecule has 0 aliphatic carbocycles. The van der Waals surface area contributed by atoms with Crippen LogP contribution < -0.4 is 4.90 Å². The van der Waals surface area contributed by atoms with E-state index < -0.39 is 18.5 Å². The Morgan fingerprint density at radius 3 is 2.88 bits per heavy atom. The van der Waals surface area contributed by atoms with Gasteiger partial charge in [-0.15, -0.1) is 0 Å². The van der Waals surface area contributed by atoms with Crippen LogP contribution in [0.1, 0.15) is 12.2 Å². The van der Waals surface area contributed by atoms with E-state index in [0.717, 1.165) is 0 Å². The number of halogens is 3. The van der Waals surface area contributed by atoms with Crippen molar-refractivity contribution in [1.82, 2.24) is 9.97 Å². The van der Waals surface area contributed by atoms with Crippen LogP contribution in [-0.2, 0) is 0 Å². The summed E-state index contributed by atoms with van der Waals surface area (Å²) in [6, 6.07) is 0.800. The molecule has 94 valence electrons. The first-order valence-electron chi connectivity index (χ1n) is 5.18. The van der Waals surface area contributed by atoms with Crippen molar-refractivity contribution in [1.29, 1.82) is 0 Å². The number of aliphatic hydroxyl groups is 1. The van der Waals surface area contributed by atoms with Crippen LogP contribution in [-0.4, -0.2) is 40.2 Å². The quantitative estimate of drug-likeness (QED) is 0.825. The number of nitrogens with zero attached hydrogens (tertiary/aromatic N) is 3. The Kier molecular flexibility index (Phi) is 3.18. The molecule has 4 nitrogen and oxygen atoms in total. The van der Waals surface area contributed by atoms with Crippen molar-refractivity contribution in [2.75, 3.05) is 18.1 Å². The summed E-state index contributed by atoms with van der Waals surface area (Å²) in [4.78, 5) is 9.31. The highest BCUT2D eigenvalue weighted by Crippen LogP contribution is 2.34. The third kappa shape index (κ3) is 2.63. The van der Waals surface area contributed by atoms with Gasteiger partial charge in [0.05, 0.1) is 19.2 Å².